The van der Waals surface area contributed by atoms with Gasteiger partial charge in [0.1, 0.15) is 0 Å². The summed E-state index contributed by atoms with van der Waals surface area (Å²) in [6, 6.07) is 0.411. The van der Waals surface area contributed by atoms with Crippen molar-refractivity contribution in [3.05, 3.63) is 0 Å². The minimum absolute atomic E-state index is 0.380. The summed E-state index contributed by atoms with van der Waals surface area (Å²) in [5.41, 5.74) is 6.56. The Morgan fingerprint density at radius 1 is 1.50 bits per heavy atom. The van der Waals surface area contributed by atoms with E-state index in [1.54, 1.807) is 0 Å². The van der Waals surface area contributed by atoms with Crippen molar-refractivity contribution in [1.82, 2.24) is 0 Å². The molecule has 0 saturated heterocycles. The highest BCUT2D eigenvalue weighted by atomic mass is 32.2. The lowest BCUT2D eigenvalue weighted by Crippen LogP contribution is -2.38. The first-order valence-corrected chi connectivity index (χ1v) is 6.00. The van der Waals surface area contributed by atoms with E-state index in [2.05, 4.69) is 32.5 Å². The average Bonchev–Trinajstić information content (AvgIpc) is 2.26. The maximum absolute atomic E-state index is 6.18. The van der Waals surface area contributed by atoms with Gasteiger partial charge in [0, 0.05) is 11.3 Å². The SMILES string of the molecule is CCCSC1CCC(C)(C)C1N. The van der Waals surface area contributed by atoms with Crippen LogP contribution in [0.2, 0.25) is 0 Å². The number of hydrogen-bond acceptors (Lipinski definition) is 2. The predicted molar refractivity (Wildman–Crippen MR) is 57.5 cm³/mol. The molecule has 2 unspecified atom stereocenters. The van der Waals surface area contributed by atoms with Gasteiger partial charge in [0.15, 0.2) is 0 Å². The van der Waals surface area contributed by atoms with E-state index in [-0.39, 0.29) is 0 Å². The van der Waals surface area contributed by atoms with E-state index < -0.39 is 0 Å². The van der Waals surface area contributed by atoms with E-state index in [1.165, 1.54) is 25.0 Å². The van der Waals surface area contributed by atoms with Crippen LogP contribution in [0.5, 0.6) is 0 Å². The Morgan fingerprint density at radius 3 is 2.58 bits per heavy atom. The molecule has 1 aliphatic rings. The molecule has 0 spiro atoms. The van der Waals surface area contributed by atoms with Crippen molar-refractivity contribution in [3.63, 3.8) is 0 Å². The van der Waals surface area contributed by atoms with Crippen molar-refractivity contribution in [1.29, 1.82) is 0 Å². The monoisotopic (exact) mass is 187 g/mol. The molecule has 72 valence electrons. The highest BCUT2D eigenvalue weighted by Gasteiger charge is 2.39. The van der Waals surface area contributed by atoms with E-state index in [1.807, 2.05) is 0 Å². The zero-order chi connectivity index (χ0) is 9.19. The molecule has 2 N–H and O–H groups in total. The summed E-state index contributed by atoms with van der Waals surface area (Å²) in [6.07, 6.45) is 3.89. The molecule has 0 amide bonds. The van der Waals surface area contributed by atoms with E-state index in [4.69, 9.17) is 5.73 Å². The van der Waals surface area contributed by atoms with Gasteiger partial charge in [-0.25, -0.2) is 0 Å². The second kappa shape index (κ2) is 4.01. The van der Waals surface area contributed by atoms with Crippen LogP contribution < -0.4 is 5.73 Å². The lowest BCUT2D eigenvalue weighted by atomic mass is 9.88. The normalized spacial score (nSPS) is 34.0. The molecule has 1 fully saturated rings. The van der Waals surface area contributed by atoms with E-state index in [9.17, 15) is 0 Å². The molecule has 0 radical (unpaired) electrons. The van der Waals surface area contributed by atoms with Gasteiger partial charge in [0.05, 0.1) is 0 Å². The third-order valence-electron chi connectivity index (χ3n) is 2.91. The Labute approximate surface area is 80.5 Å². The van der Waals surface area contributed by atoms with Gasteiger partial charge in [0.2, 0.25) is 0 Å². The van der Waals surface area contributed by atoms with Gasteiger partial charge in [-0.1, -0.05) is 20.8 Å². The minimum Gasteiger partial charge on any atom is -0.326 e. The summed E-state index contributed by atoms with van der Waals surface area (Å²) in [5, 5.41) is 0.722. The van der Waals surface area contributed by atoms with Gasteiger partial charge in [-0.05, 0) is 30.4 Å². The fraction of sp³-hybridized carbons (Fsp3) is 1.00. The molecule has 2 heteroatoms. The fourth-order valence-electron chi connectivity index (χ4n) is 1.82. The van der Waals surface area contributed by atoms with Crippen LogP contribution in [0.15, 0.2) is 0 Å². The molecule has 1 nitrogen and oxygen atoms in total. The molecule has 0 aromatic carbocycles. The largest absolute Gasteiger partial charge is 0.326 e. The van der Waals surface area contributed by atoms with Crippen molar-refractivity contribution in [3.8, 4) is 0 Å². The molecule has 0 bridgehead atoms. The molecule has 0 aromatic heterocycles. The van der Waals surface area contributed by atoms with Crippen molar-refractivity contribution < 1.29 is 0 Å². The van der Waals surface area contributed by atoms with E-state index in [0.717, 1.165) is 5.25 Å². The molecule has 0 heterocycles. The summed E-state index contributed by atoms with van der Waals surface area (Å²) in [7, 11) is 0. The van der Waals surface area contributed by atoms with Gasteiger partial charge in [-0.3, -0.25) is 0 Å². The first kappa shape index (κ1) is 10.4. The first-order valence-electron chi connectivity index (χ1n) is 4.95. The number of nitrogens with two attached hydrogens (primary N) is 1. The van der Waals surface area contributed by atoms with Gasteiger partial charge in [0.25, 0.3) is 0 Å². The predicted octanol–water partition coefficient (Wildman–Crippen LogP) is 2.65. The molecular formula is C10H21NS. The molecule has 0 aliphatic heterocycles. The van der Waals surface area contributed by atoms with Gasteiger partial charge in [-0.15, -0.1) is 0 Å². The topological polar surface area (TPSA) is 26.0 Å². The third kappa shape index (κ3) is 2.17. The van der Waals surface area contributed by atoms with Crippen LogP contribution in [-0.2, 0) is 0 Å². The summed E-state index contributed by atoms with van der Waals surface area (Å²) >= 11 is 2.07. The van der Waals surface area contributed by atoms with Crippen LogP contribution in [0.4, 0.5) is 0 Å². The van der Waals surface area contributed by atoms with Gasteiger partial charge < -0.3 is 5.73 Å². The quantitative estimate of drug-likeness (QED) is 0.735. The first-order chi connectivity index (χ1) is 5.58. The van der Waals surface area contributed by atoms with Gasteiger partial charge in [-0.2, -0.15) is 11.8 Å². The molecule has 0 aromatic rings. The number of thioether (sulfide) groups is 1. The molecular weight excluding hydrogens is 166 g/mol. The molecule has 1 rings (SSSR count). The van der Waals surface area contributed by atoms with Gasteiger partial charge >= 0.3 is 0 Å². The van der Waals surface area contributed by atoms with E-state index in [0.29, 0.717) is 11.5 Å². The maximum Gasteiger partial charge on any atom is 0.0211 e. The van der Waals surface area contributed by atoms with E-state index >= 15 is 0 Å². The minimum atomic E-state index is 0.380. The smallest absolute Gasteiger partial charge is 0.0211 e. The summed E-state index contributed by atoms with van der Waals surface area (Å²) < 4.78 is 0. The number of rotatable bonds is 3. The summed E-state index contributed by atoms with van der Waals surface area (Å²) in [4.78, 5) is 0. The van der Waals surface area contributed by atoms with Crippen molar-refractivity contribution >= 4 is 11.8 Å². The van der Waals surface area contributed by atoms with Crippen LogP contribution in [0, 0.1) is 5.41 Å². The van der Waals surface area contributed by atoms with Crippen LogP contribution in [0.3, 0.4) is 0 Å². The molecule has 2 atom stereocenters. The van der Waals surface area contributed by atoms with Crippen LogP contribution >= 0.6 is 11.8 Å². The highest BCUT2D eigenvalue weighted by molar-refractivity contribution is 7.99. The third-order valence-corrected chi connectivity index (χ3v) is 4.51. The lowest BCUT2D eigenvalue weighted by molar-refractivity contribution is 0.334. The fourth-order valence-corrected chi connectivity index (χ4v) is 3.22. The average molecular weight is 187 g/mol. The Hall–Kier alpha value is 0.310. The second-order valence-electron chi connectivity index (χ2n) is 4.46. The summed E-state index contributed by atoms with van der Waals surface area (Å²) in [6.45, 7) is 6.83. The standard InChI is InChI=1S/C10H21NS/c1-4-7-12-8-5-6-10(2,3)9(8)11/h8-9H,4-7,11H2,1-3H3. The van der Waals surface area contributed by atoms with Crippen molar-refractivity contribution in [2.45, 2.75) is 51.3 Å². The highest BCUT2D eigenvalue weighted by Crippen LogP contribution is 2.41. The van der Waals surface area contributed by atoms with Crippen molar-refractivity contribution in [2.24, 2.45) is 11.1 Å². The zero-order valence-corrected chi connectivity index (χ0v) is 9.29. The second-order valence-corrected chi connectivity index (χ2v) is 5.81. The molecule has 1 saturated carbocycles. The molecule has 12 heavy (non-hydrogen) atoms. The Balaban J connectivity index is 2.39. The molecule has 1 aliphatic carbocycles. The number of hydrogen-bond donors (Lipinski definition) is 1. The van der Waals surface area contributed by atoms with Crippen LogP contribution in [0.25, 0.3) is 0 Å². The van der Waals surface area contributed by atoms with Crippen LogP contribution in [-0.4, -0.2) is 17.0 Å². The zero-order valence-electron chi connectivity index (χ0n) is 8.47. The maximum atomic E-state index is 6.18. The van der Waals surface area contributed by atoms with Crippen molar-refractivity contribution in [2.75, 3.05) is 5.75 Å². The summed E-state index contributed by atoms with van der Waals surface area (Å²) in [5.74, 6) is 1.27. The van der Waals surface area contributed by atoms with Crippen LogP contribution in [0.1, 0.15) is 40.0 Å². The Bertz CT molecular complexity index is 145. The lowest BCUT2D eigenvalue weighted by Gasteiger charge is -2.26. The Morgan fingerprint density at radius 2 is 2.17 bits per heavy atom. The Kier molecular flexibility index (Phi) is 3.47.